The summed E-state index contributed by atoms with van der Waals surface area (Å²) in [6.07, 6.45) is 3.27. The Morgan fingerprint density at radius 3 is 2.58 bits per heavy atom. The van der Waals surface area contributed by atoms with Crippen LogP contribution in [0.2, 0.25) is 0 Å². The third-order valence-electron chi connectivity index (χ3n) is 4.32. The third kappa shape index (κ3) is 3.11. The van der Waals surface area contributed by atoms with Gasteiger partial charge in [0.15, 0.2) is 5.82 Å². The van der Waals surface area contributed by atoms with E-state index in [0.29, 0.717) is 25.5 Å². The van der Waals surface area contributed by atoms with Gasteiger partial charge in [0.05, 0.1) is 12.2 Å². The highest BCUT2D eigenvalue weighted by atomic mass is 16.1. The summed E-state index contributed by atoms with van der Waals surface area (Å²) in [5, 5.41) is 4.50. The predicted molar refractivity (Wildman–Crippen MR) is 92.4 cm³/mol. The maximum Gasteiger partial charge on any atom is 0.293 e. The van der Waals surface area contributed by atoms with E-state index in [-0.39, 0.29) is 22.5 Å². The van der Waals surface area contributed by atoms with Crippen molar-refractivity contribution in [3.05, 3.63) is 50.9 Å². The first-order chi connectivity index (χ1) is 11.3. The summed E-state index contributed by atoms with van der Waals surface area (Å²) >= 11 is 0. The van der Waals surface area contributed by atoms with Crippen molar-refractivity contribution in [2.45, 2.75) is 32.7 Å². The van der Waals surface area contributed by atoms with Crippen LogP contribution in [0.1, 0.15) is 26.5 Å². The van der Waals surface area contributed by atoms with Crippen molar-refractivity contribution in [2.24, 2.45) is 13.0 Å². The van der Waals surface area contributed by atoms with Gasteiger partial charge >= 0.3 is 0 Å². The van der Waals surface area contributed by atoms with Crippen molar-refractivity contribution in [3.8, 4) is 0 Å². The zero-order valence-corrected chi connectivity index (χ0v) is 14.6. The molecule has 0 N–H and O–H groups in total. The van der Waals surface area contributed by atoms with Gasteiger partial charge in [-0.15, -0.1) is 0 Å². The lowest BCUT2D eigenvalue weighted by Crippen LogP contribution is -2.52. The minimum atomic E-state index is -0.0963. The third-order valence-corrected chi connectivity index (χ3v) is 4.32. The number of rotatable bonds is 3. The van der Waals surface area contributed by atoms with Gasteiger partial charge < -0.3 is 9.47 Å². The van der Waals surface area contributed by atoms with Gasteiger partial charge in [0.1, 0.15) is 0 Å². The first kappa shape index (κ1) is 16.4. The Morgan fingerprint density at radius 1 is 1.21 bits per heavy atom. The molecule has 2 aromatic heterocycles. The first-order valence-electron chi connectivity index (χ1n) is 8.11. The number of anilines is 1. The summed E-state index contributed by atoms with van der Waals surface area (Å²) in [4.78, 5) is 30.2. The highest BCUT2D eigenvalue weighted by molar-refractivity contribution is 5.39. The standard InChI is InChI=1S/C17H23N5O2/c1-17(2,3)13-5-6-14(23)22(19-13)11-12-9-21(10-12)15-16(24)20(4)8-7-18-15/h5-8,12H,9-11H2,1-4H3. The molecule has 0 amide bonds. The number of aryl methyl sites for hydroxylation is 1. The highest BCUT2D eigenvalue weighted by Crippen LogP contribution is 2.22. The molecular formula is C17H23N5O2. The molecule has 2 aromatic rings. The van der Waals surface area contributed by atoms with Crippen molar-refractivity contribution in [3.63, 3.8) is 0 Å². The molecule has 0 radical (unpaired) electrons. The fourth-order valence-corrected chi connectivity index (χ4v) is 2.78. The monoisotopic (exact) mass is 329 g/mol. The second kappa shape index (κ2) is 5.89. The van der Waals surface area contributed by atoms with Crippen LogP contribution in [-0.4, -0.2) is 32.4 Å². The molecule has 0 unspecified atom stereocenters. The average Bonchev–Trinajstić information content (AvgIpc) is 2.46. The molecule has 1 fully saturated rings. The molecule has 0 atom stereocenters. The number of nitrogens with zero attached hydrogens (tertiary/aromatic N) is 5. The van der Waals surface area contributed by atoms with E-state index in [1.165, 1.54) is 4.57 Å². The van der Waals surface area contributed by atoms with Gasteiger partial charge in [-0.2, -0.15) is 5.10 Å². The lowest BCUT2D eigenvalue weighted by Gasteiger charge is -2.39. The van der Waals surface area contributed by atoms with Crippen LogP contribution in [0.5, 0.6) is 0 Å². The van der Waals surface area contributed by atoms with E-state index in [0.717, 1.165) is 5.69 Å². The number of hydrogen-bond donors (Lipinski definition) is 0. The second-order valence-electron chi connectivity index (χ2n) is 7.43. The SMILES string of the molecule is Cn1ccnc(N2CC(Cn3nc(C(C)(C)C)ccc3=O)C2)c1=O. The molecule has 1 aliphatic heterocycles. The molecular weight excluding hydrogens is 306 g/mol. The molecule has 0 aromatic carbocycles. The molecule has 3 rings (SSSR count). The van der Waals surface area contributed by atoms with E-state index in [9.17, 15) is 9.59 Å². The Balaban J connectivity index is 1.71. The fraction of sp³-hybridized carbons (Fsp3) is 0.529. The molecule has 0 bridgehead atoms. The van der Waals surface area contributed by atoms with E-state index >= 15 is 0 Å². The summed E-state index contributed by atoms with van der Waals surface area (Å²) in [6.45, 7) is 8.21. The van der Waals surface area contributed by atoms with Crippen LogP contribution < -0.4 is 16.0 Å². The zero-order chi connectivity index (χ0) is 17.5. The topological polar surface area (TPSA) is 73.0 Å². The van der Waals surface area contributed by atoms with Crippen LogP contribution in [0, 0.1) is 5.92 Å². The van der Waals surface area contributed by atoms with Crippen LogP contribution >= 0.6 is 0 Å². The predicted octanol–water partition coefficient (Wildman–Crippen LogP) is 0.771. The van der Waals surface area contributed by atoms with Crippen LogP contribution in [0.25, 0.3) is 0 Å². The van der Waals surface area contributed by atoms with Crippen LogP contribution in [-0.2, 0) is 19.0 Å². The largest absolute Gasteiger partial charge is 0.351 e. The maximum atomic E-state index is 12.1. The van der Waals surface area contributed by atoms with E-state index in [1.54, 1.807) is 36.3 Å². The lowest BCUT2D eigenvalue weighted by molar-refractivity contribution is 0.327. The van der Waals surface area contributed by atoms with Crippen molar-refractivity contribution < 1.29 is 0 Å². The summed E-state index contributed by atoms with van der Waals surface area (Å²) in [5.74, 6) is 0.761. The van der Waals surface area contributed by atoms with E-state index in [1.807, 2.05) is 4.90 Å². The maximum absolute atomic E-state index is 12.1. The summed E-state index contributed by atoms with van der Waals surface area (Å²) in [6, 6.07) is 3.38. The van der Waals surface area contributed by atoms with E-state index in [2.05, 4.69) is 30.9 Å². The normalized spacial score (nSPS) is 15.4. The van der Waals surface area contributed by atoms with Gasteiger partial charge in [0.25, 0.3) is 11.1 Å². The van der Waals surface area contributed by atoms with Gasteiger partial charge in [-0.25, -0.2) is 9.67 Å². The average molecular weight is 329 g/mol. The van der Waals surface area contributed by atoms with Gasteiger partial charge in [-0.3, -0.25) is 9.59 Å². The Labute approximate surface area is 140 Å². The summed E-state index contributed by atoms with van der Waals surface area (Å²) < 4.78 is 3.06. The molecule has 7 nitrogen and oxygen atoms in total. The Bertz CT molecular complexity index is 856. The van der Waals surface area contributed by atoms with E-state index < -0.39 is 0 Å². The van der Waals surface area contributed by atoms with Gasteiger partial charge in [-0.1, -0.05) is 20.8 Å². The van der Waals surface area contributed by atoms with Crippen LogP contribution in [0.4, 0.5) is 5.82 Å². The summed E-state index contributed by atoms with van der Waals surface area (Å²) in [7, 11) is 1.71. The number of aromatic nitrogens is 4. The smallest absolute Gasteiger partial charge is 0.293 e. The van der Waals surface area contributed by atoms with Crippen LogP contribution in [0.3, 0.4) is 0 Å². The van der Waals surface area contributed by atoms with Gasteiger partial charge in [-0.05, 0) is 6.07 Å². The molecule has 0 saturated carbocycles. The zero-order valence-electron chi connectivity index (χ0n) is 14.6. The molecule has 0 aliphatic carbocycles. The minimum absolute atomic E-state index is 0.0878. The molecule has 1 aliphatic rings. The lowest BCUT2D eigenvalue weighted by atomic mass is 9.92. The molecule has 128 valence electrons. The van der Waals surface area contributed by atoms with E-state index in [4.69, 9.17) is 0 Å². The van der Waals surface area contributed by atoms with Gasteiger partial charge in [0.2, 0.25) is 0 Å². The Morgan fingerprint density at radius 2 is 1.92 bits per heavy atom. The Kier molecular flexibility index (Phi) is 4.03. The molecule has 1 saturated heterocycles. The number of hydrogen-bond acceptors (Lipinski definition) is 5. The molecule has 24 heavy (non-hydrogen) atoms. The highest BCUT2D eigenvalue weighted by Gasteiger charge is 2.30. The van der Waals surface area contributed by atoms with Gasteiger partial charge in [0, 0.05) is 49.9 Å². The Hall–Kier alpha value is -2.44. The summed E-state index contributed by atoms with van der Waals surface area (Å²) in [5.41, 5.74) is 0.620. The fourth-order valence-electron chi connectivity index (χ4n) is 2.78. The van der Waals surface area contributed by atoms with Crippen LogP contribution in [0.15, 0.2) is 34.1 Å². The quantitative estimate of drug-likeness (QED) is 0.832. The molecule has 7 heteroatoms. The van der Waals surface area contributed by atoms with Crippen molar-refractivity contribution in [2.75, 3.05) is 18.0 Å². The first-order valence-corrected chi connectivity index (χ1v) is 8.11. The molecule has 3 heterocycles. The van der Waals surface area contributed by atoms with Crippen molar-refractivity contribution in [1.82, 2.24) is 19.3 Å². The molecule has 0 spiro atoms. The minimum Gasteiger partial charge on any atom is -0.351 e. The van der Waals surface area contributed by atoms with Crippen molar-refractivity contribution >= 4 is 5.82 Å². The second-order valence-corrected chi connectivity index (χ2v) is 7.43. The van der Waals surface area contributed by atoms with Crippen molar-refractivity contribution in [1.29, 1.82) is 0 Å².